The summed E-state index contributed by atoms with van der Waals surface area (Å²) < 4.78 is 15.9. The van der Waals surface area contributed by atoms with Gasteiger partial charge in [-0.05, 0) is 35.9 Å². The first kappa shape index (κ1) is 13.8. The zero-order valence-corrected chi connectivity index (χ0v) is 12.4. The minimum absolute atomic E-state index is 0.0756. The summed E-state index contributed by atoms with van der Waals surface area (Å²) >= 11 is 3.26. The average Bonchev–Trinajstić information content (AvgIpc) is 2.80. The molecule has 1 aromatic heterocycles. The van der Waals surface area contributed by atoms with Gasteiger partial charge < -0.3 is 4.57 Å². The molecule has 2 aromatic carbocycles. The molecule has 1 heterocycles. The predicted molar refractivity (Wildman–Crippen MR) is 81.8 cm³/mol. The summed E-state index contributed by atoms with van der Waals surface area (Å²) in [4.78, 5) is 10.6. The normalized spacial score (nSPS) is 11.0. The van der Waals surface area contributed by atoms with E-state index in [9.17, 15) is 14.5 Å². The van der Waals surface area contributed by atoms with E-state index in [1.807, 2.05) is 16.7 Å². The second kappa shape index (κ2) is 5.29. The Kier molecular flexibility index (Phi) is 3.47. The van der Waals surface area contributed by atoms with Crippen LogP contribution < -0.4 is 0 Å². The minimum Gasteiger partial charge on any atom is -0.343 e. The number of nitro groups is 1. The molecule has 21 heavy (non-hydrogen) atoms. The van der Waals surface area contributed by atoms with E-state index in [1.165, 1.54) is 18.2 Å². The fourth-order valence-corrected chi connectivity index (χ4v) is 2.92. The molecular formula is C15H10BrFN2O2. The van der Waals surface area contributed by atoms with Crippen molar-refractivity contribution in [3.63, 3.8) is 0 Å². The van der Waals surface area contributed by atoms with E-state index in [0.29, 0.717) is 16.4 Å². The molecule has 0 saturated carbocycles. The maximum atomic E-state index is 13.4. The molecule has 0 fully saturated rings. The van der Waals surface area contributed by atoms with Crippen LogP contribution in [0.1, 0.15) is 5.56 Å². The van der Waals surface area contributed by atoms with Crippen LogP contribution in [-0.4, -0.2) is 9.49 Å². The Morgan fingerprint density at radius 2 is 2.05 bits per heavy atom. The van der Waals surface area contributed by atoms with E-state index in [1.54, 1.807) is 18.3 Å². The summed E-state index contributed by atoms with van der Waals surface area (Å²) in [7, 11) is 0. The SMILES string of the molecule is O=[N+]([O-])c1cccc2c1ccn2Cc1cc(F)cc(Br)c1. The van der Waals surface area contributed by atoms with Crippen molar-refractivity contribution in [3.05, 3.63) is 74.6 Å². The Balaban J connectivity index is 2.05. The Hall–Kier alpha value is -2.21. The summed E-state index contributed by atoms with van der Waals surface area (Å²) in [6.07, 6.45) is 1.77. The molecule has 0 amide bonds. The van der Waals surface area contributed by atoms with Crippen LogP contribution in [-0.2, 0) is 6.54 Å². The summed E-state index contributed by atoms with van der Waals surface area (Å²) in [6, 6.07) is 11.3. The molecule has 0 N–H and O–H groups in total. The van der Waals surface area contributed by atoms with Crippen LogP contribution in [0.15, 0.2) is 53.1 Å². The quantitative estimate of drug-likeness (QED) is 0.516. The van der Waals surface area contributed by atoms with Crippen molar-refractivity contribution in [2.24, 2.45) is 0 Å². The summed E-state index contributed by atoms with van der Waals surface area (Å²) in [6.45, 7) is 0.445. The highest BCUT2D eigenvalue weighted by atomic mass is 79.9. The van der Waals surface area contributed by atoms with Gasteiger partial charge in [-0.1, -0.05) is 22.0 Å². The Labute approximate surface area is 128 Å². The zero-order chi connectivity index (χ0) is 15.0. The number of non-ortho nitro benzene ring substituents is 1. The van der Waals surface area contributed by atoms with Gasteiger partial charge in [0.15, 0.2) is 0 Å². The van der Waals surface area contributed by atoms with Gasteiger partial charge in [-0.15, -0.1) is 0 Å². The van der Waals surface area contributed by atoms with Crippen molar-refractivity contribution >= 4 is 32.5 Å². The number of nitrogens with zero attached hydrogens (tertiary/aromatic N) is 2. The summed E-state index contributed by atoms with van der Waals surface area (Å²) in [5, 5.41) is 11.6. The van der Waals surface area contributed by atoms with Crippen LogP contribution in [0, 0.1) is 15.9 Å². The predicted octanol–water partition coefficient (Wildman–Crippen LogP) is 4.50. The van der Waals surface area contributed by atoms with Crippen LogP contribution in [0.5, 0.6) is 0 Å². The first-order valence-corrected chi connectivity index (χ1v) is 7.01. The van der Waals surface area contributed by atoms with Gasteiger partial charge in [0.2, 0.25) is 0 Å². The lowest BCUT2D eigenvalue weighted by molar-refractivity contribution is -0.383. The molecule has 0 aliphatic heterocycles. The van der Waals surface area contributed by atoms with Crippen molar-refractivity contribution in [3.8, 4) is 0 Å². The lowest BCUT2D eigenvalue weighted by atomic mass is 10.2. The second-order valence-electron chi connectivity index (χ2n) is 4.69. The maximum absolute atomic E-state index is 13.4. The van der Waals surface area contributed by atoms with Gasteiger partial charge in [-0.2, -0.15) is 0 Å². The van der Waals surface area contributed by atoms with Gasteiger partial charge in [0.05, 0.1) is 15.8 Å². The van der Waals surface area contributed by atoms with Gasteiger partial charge >= 0.3 is 0 Å². The minimum atomic E-state index is -0.397. The molecule has 0 radical (unpaired) electrons. The Bertz CT molecular complexity index is 825. The highest BCUT2D eigenvalue weighted by Gasteiger charge is 2.13. The molecule has 0 unspecified atom stereocenters. The molecule has 0 saturated heterocycles. The number of hydrogen-bond donors (Lipinski definition) is 0. The van der Waals surface area contributed by atoms with Gasteiger partial charge in [-0.3, -0.25) is 10.1 Å². The van der Waals surface area contributed by atoms with E-state index in [-0.39, 0.29) is 11.5 Å². The molecule has 4 nitrogen and oxygen atoms in total. The van der Waals surface area contributed by atoms with Crippen molar-refractivity contribution in [2.45, 2.75) is 6.54 Å². The second-order valence-corrected chi connectivity index (χ2v) is 5.60. The summed E-state index contributed by atoms with van der Waals surface area (Å²) in [5.41, 5.74) is 1.61. The van der Waals surface area contributed by atoms with Gasteiger partial charge in [0.1, 0.15) is 5.82 Å². The highest BCUT2D eigenvalue weighted by Crippen LogP contribution is 2.27. The van der Waals surface area contributed by atoms with E-state index in [4.69, 9.17) is 0 Å². The van der Waals surface area contributed by atoms with Crippen LogP contribution >= 0.6 is 15.9 Å². The third-order valence-corrected chi connectivity index (χ3v) is 3.72. The molecule has 0 spiro atoms. The van der Waals surface area contributed by atoms with E-state index in [2.05, 4.69) is 15.9 Å². The van der Waals surface area contributed by atoms with Crippen LogP contribution in [0.25, 0.3) is 10.9 Å². The molecule has 0 aliphatic carbocycles. The fraction of sp³-hybridized carbons (Fsp3) is 0.0667. The van der Waals surface area contributed by atoms with Crippen LogP contribution in [0.3, 0.4) is 0 Å². The lowest BCUT2D eigenvalue weighted by Gasteiger charge is -2.06. The standard InChI is InChI=1S/C15H10BrFN2O2/c16-11-6-10(7-12(17)8-11)9-18-5-4-13-14(18)2-1-3-15(13)19(20)21/h1-8H,9H2. The smallest absolute Gasteiger partial charge is 0.278 e. The van der Waals surface area contributed by atoms with Gasteiger partial charge in [-0.25, -0.2) is 4.39 Å². The van der Waals surface area contributed by atoms with Crippen molar-refractivity contribution < 1.29 is 9.31 Å². The average molecular weight is 349 g/mol. The fourth-order valence-electron chi connectivity index (χ4n) is 2.40. The first-order valence-electron chi connectivity index (χ1n) is 6.22. The third kappa shape index (κ3) is 2.67. The number of rotatable bonds is 3. The lowest BCUT2D eigenvalue weighted by Crippen LogP contribution is -1.99. The number of aromatic nitrogens is 1. The monoisotopic (exact) mass is 348 g/mol. The number of hydrogen-bond acceptors (Lipinski definition) is 2. The Morgan fingerprint density at radius 3 is 2.76 bits per heavy atom. The van der Waals surface area contributed by atoms with E-state index < -0.39 is 4.92 Å². The zero-order valence-electron chi connectivity index (χ0n) is 10.8. The topological polar surface area (TPSA) is 48.1 Å². The van der Waals surface area contributed by atoms with E-state index in [0.717, 1.165) is 11.1 Å². The van der Waals surface area contributed by atoms with Crippen molar-refractivity contribution in [1.29, 1.82) is 0 Å². The number of fused-ring (bicyclic) bond motifs is 1. The van der Waals surface area contributed by atoms with E-state index >= 15 is 0 Å². The van der Waals surface area contributed by atoms with Crippen molar-refractivity contribution in [2.75, 3.05) is 0 Å². The third-order valence-electron chi connectivity index (χ3n) is 3.26. The number of benzene rings is 2. The maximum Gasteiger partial charge on any atom is 0.278 e. The van der Waals surface area contributed by atoms with Crippen LogP contribution in [0.2, 0.25) is 0 Å². The van der Waals surface area contributed by atoms with Crippen molar-refractivity contribution in [1.82, 2.24) is 4.57 Å². The molecule has 3 aromatic rings. The molecule has 3 rings (SSSR count). The molecule has 106 valence electrons. The molecule has 0 aliphatic rings. The molecule has 0 bridgehead atoms. The first-order chi connectivity index (χ1) is 10.0. The number of halogens is 2. The molecule has 0 atom stereocenters. The van der Waals surface area contributed by atoms with Crippen LogP contribution in [0.4, 0.5) is 10.1 Å². The Morgan fingerprint density at radius 1 is 1.24 bits per heavy atom. The highest BCUT2D eigenvalue weighted by molar-refractivity contribution is 9.10. The largest absolute Gasteiger partial charge is 0.343 e. The molecular weight excluding hydrogens is 339 g/mol. The molecule has 6 heteroatoms. The van der Waals surface area contributed by atoms with Gasteiger partial charge in [0.25, 0.3) is 5.69 Å². The summed E-state index contributed by atoms with van der Waals surface area (Å²) in [5.74, 6) is -0.318. The van der Waals surface area contributed by atoms with Gasteiger partial charge in [0, 0.05) is 23.3 Å². The number of nitro benzene ring substituents is 1.